The normalized spacial score (nSPS) is 12.4. The molecule has 7 heteroatoms. The molecular formula is C29H23N3O4. The molecule has 0 aliphatic carbocycles. The lowest BCUT2D eigenvalue weighted by molar-refractivity contribution is 0.0642. The Hall–Kier alpha value is -4.78. The van der Waals surface area contributed by atoms with Crippen LogP contribution in [0.1, 0.15) is 47.9 Å². The number of rotatable bonds is 8. The van der Waals surface area contributed by atoms with Gasteiger partial charge in [-0.15, -0.1) is 0 Å². The van der Waals surface area contributed by atoms with Gasteiger partial charge in [-0.3, -0.25) is 24.3 Å². The zero-order valence-electron chi connectivity index (χ0n) is 19.4. The average Bonchev–Trinajstić information content (AvgIpc) is 3.16. The van der Waals surface area contributed by atoms with Gasteiger partial charge in [-0.25, -0.2) is 0 Å². The Morgan fingerprint density at radius 1 is 0.806 bits per heavy atom. The molecule has 36 heavy (non-hydrogen) atoms. The van der Waals surface area contributed by atoms with Crippen LogP contribution in [-0.2, 0) is 19.7 Å². The lowest BCUT2D eigenvalue weighted by atomic mass is 10.1. The van der Waals surface area contributed by atoms with E-state index in [1.54, 1.807) is 54.7 Å². The molecule has 0 saturated heterocycles. The highest BCUT2D eigenvalue weighted by Gasteiger charge is 2.34. The molecule has 0 unspecified atom stereocenters. The third-order valence-corrected chi connectivity index (χ3v) is 5.87. The molecule has 0 spiro atoms. The summed E-state index contributed by atoms with van der Waals surface area (Å²) in [5.74, 6) is -0.208. The molecule has 3 aromatic carbocycles. The number of nitrogens with one attached hydrogen (secondary N) is 1. The van der Waals surface area contributed by atoms with Crippen molar-refractivity contribution in [1.82, 2.24) is 15.2 Å². The maximum Gasteiger partial charge on any atom is 0.261 e. The Balaban J connectivity index is 1.20. The highest BCUT2D eigenvalue weighted by atomic mass is 16.5. The summed E-state index contributed by atoms with van der Waals surface area (Å²) in [5.41, 5.74) is 3.68. The van der Waals surface area contributed by atoms with Crippen LogP contribution < -0.4 is 10.1 Å². The molecule has 0 fully saturated rings. The smallest absolute Gasteiger partial charge is 0.261 e. The van der Waals surface area contributed by atoms with Gasteiger partial charge in [0.2, 0.25) is 0 Å². The van der Waals surface area contributed by atoms with Gasteiger partial charge in [0.05, 0.1) is 23.4 Å². The molecule has 1 aliphatic heterocycles. The third kappa shape index (κ3) is 5.00. The van der Waals surface area contributed by atoms with Crippen molar-refractivity contribution in [3.05, 3.63) is 131 Å². The predicted molar refractivity (Wildman–Crippen MR) is 133 cm³/mol. The number of ether oxygens (including phenoxy) is 1. The number of carbonyl (C=O) groups is 3. The minimum absolute atomic E-state index is 0.100. The number of carbonyl (C=O) groups excluding carboxylic acids is 3. The number of aromatic nitrogens is 1. The number of fused-ring (bicyclic) bond motifs is 1. The molecule has 1 aromatic heterocycles. The van der Waals surface area contributed by atoms with E-state index in [9.17, 15) is 14.4 Å². The van der Waals surface area contributed by atoms with Crippen molar-refractivity contribution in [3.63, 3.8) is 0 Å². The van der Waals surface area contributed by atoms with Crippen molar-refractivity contribution in [3.8, 4) is 5.75 Å². The number of hydrogen-bond donors (Lipinski definition) is 1. The first-order valence-corrected chi connectivity index (χ1v) is 11.5. The van der Waals surface area contributed by atoms with Gasteiger partial charge >= 0.3 is 0 Å². The molecule has 0 atom stereocenters. The van der Waals surface area contributed by atoms with E-state index in [2.05, 4.69) is 10.3 Å². The second-order valence-corrected chi connectivity index (χ2v) is 8.38. The largest absolute Gasteiger partial charge is 0.487 e. The van der Waals surface area contributed by atoms with Crippen LogP contribution in [0.15, 0.2) is 97.2 Å². The van der Waals surface area contributed by atoms with E-state index in [0.29, 0.717) is 41.2 Å². The fourth-order valence-electron chi connectivity index (χ4n) is 4.05. The fraction of sp³-hybridized carbons (Fsp3) is 0.103. The molecule has 1 N–H and O–H groups in total. The predicted octanol–water partition coefficient (Wildman–Crippen LogP) is 4.39. The molecule has 0 radical (unpaired) electrons. The fourth-order valence-corrected chi connectivity index (χ4v) is 4.05. The van der Waals surface area contributed by atoms with Crippen LogP contribution in [0, 0.1) is 0 Å². The van der Waals surface area contributed by atoms with Crippen LogP contribution in [0.2, 0.25) is 0 Å². The zero-order chi connectivity index (χ0) is 24.9. The summed E-state index contributed by atoms with van der Waals surface area (Å²) in [6.45, 7) is 0.780. The Labute approximate surface area is 208 Å². The first kappa shape index (κ1) is 23.0. The van der Waals surface area contributed by atoms with Gasteiger partial charge in [-0.05, 0) is 59.7 Å². The third-order valence-electron chi connectivity index (χ3n) is 5.87. The van der Waals surface area contributed by atoms with Crippen molar-refractivity contribution in [2.24, 2.45) is 0 Å². The SMILES string of the molecule is O=C(NCc1cccc(OCc2ccccn2)c1)c1cccc(CN2C(=O)c3ccccc3C2=O)c1. The number of hydrogen-bond acceptors (Lipinski definition) is 5. The number of pyridine rings is 1. The van der Waals surface area contributed by atoms with Crippen LogP contribution in [0.4, 0.5) is 0 Å². The van der Waals surface area contributed by atoms with Gasteiger partial charge in [0, 0.05) is 18.3 Å². The van der Waals surface area contributed by atoms with E-state index in [0.717, 1.165) is 11.3 Å². The molecule has 2 heterocycles. The molecule has 7 nitrogen and oxygen atoms in total. The zero-order valence-corrected chi connectivity index (χ0v) is 19.4. The summed E-state index contributed by atoms with van der Waals surface area (Å²) >= 11 is 0. The maximum atomic E-state index is 12.8. The number of benzene rings is 3. The summed E-state index contributed by atoms with van der Waals surface area (Å²) in [6, 6.07) is 26.9. The average molecular weight is 478 g/mol. The molecular weight excluding hydrogens is 454 g/mol. The van der Waals surface area contributed by atoms with Crippen LogP contribution >= 0.6 is 0 Å². The van der Waals surface area contributed by atoms with Gasteiger partial charge < -0.3 is 10.1 Å². The van der Waals surface area contributed by atoms with Crippen molar-refractivity contribution in [2.45, 2.75) is 19.7 Å². The Morgan fingerprint density at radius 3 is 2.28 bits per heavy atom. The molecule has 0 bridgehead atoms. The lowest BCUT2D eigenvalue weighted by Crippen LogP contribution is -2.29. The van der Waals surface area contributed by atoms with Gasteiger partial charge in [-0.1, -0.05) is 42.5 Å². The molecule has 5 rings (SSSR count). The van der Waals surface area contributed by atoms with Crippen molar-refractivity contribution in [1.29, 1.82) is 0 Å². The van der Waals surface area contributed by atoms with E-state index in [4.69, 9.17) is 4.74 Å². The van der Waals surface area contributed by atoms with Gasteiger partial charge in [-0.2, -0.15) is 0 Å². The van der Waals surface area contributed by atoms with E-state index >= 15 is 0 Å². The Morgan fingerprint density at radius 2 is 1.53 bits per heavy atom. The summed E-state index contributed by atoms with van der Waals surface area (Å²) in [5, 5.41) is 2.91. The van der Waals surface area contributed by atoms with Crippen LogP contribution in [-0.4, -0.2) is 27.6 Å². The van der Waals surface area contributed by atoms with E-state index < -0.39 is 0 Å². The van der Waals surface area contributed by atoms with E-state index in [1.807, 2.05) is 42.5 Å². The molecule has 178 valence electrons. The topological polar surface area (TPSA) is 88.6 Å². The highest BCUT2D eigenvalue weighted by molar-refractivity contribution is 6.21. The van der Waals surface area contributed by atoms with Crippen molar-refractivity contribution < 1.29 is 19.1 Å². The highest BCUT2D eigenvalue weighted by Crippen LogP contribution is 2.24. The Kier molecular flexibility index (Phi) is 6.53. The first-order valence-electron chi connectivity index (χ1n) is 11.5. The number of imide groups is 1. The standard InChI is InChI=1S/C29H23N3O4/c33-27(31-17-20-7-6-11-24(16-20)36-19-23-10-3-4-14-30-23)22-9-5-8-21(15-22)18-32-28(34)25-12-1-2-13-26(25)29(32)35/h1-16H,17-19H2,(H,31,33). The number of nitrogens with zero attached hydrogens (tertiary/aromatic N) is 2. The van der Waals surface area contributed by atoms with Gasteiger partial charge in [0.25, 0.3) is 17.7 Å². The van der Waals surface area contributed by atoms with Crippen molar-refractivity contribution >= 4 is 17.7 Å². The molecule has 0 saturated carbocycles. The summed E-state index contributed by atoms with van der Waals surface area (Å²) in [6.07, 6.45) is 1.72. The van der Waals surface area contributed by atoms with Crippen LogP contribution in [0.3, 0.4) is 0 Å². The van der Waals surface area contributed by atoms with Crippen molar-refractivity contribution in [2.75, 3.05) is 0 Å². The second kappa shape index (κ2) is 10.2. The van der Waals surface area contributed by atoms with Gasteiger partial charge in [0.15, 0.2) is 0 Å². The molecule has 1 aliphatic rings. The Bertz CT molecular complexity index is 1400. The molecule has 3 amide bonds. The van der Waals surface area contributed by atoms with E-state index in [-0.39, 0.29) is 24.3 Å². The summed E-state index contributed by atoms with van der Waals surface area (Å²) in [7, 11) is 0. The second-order valence-electron chi connectivity index (χ2n) is 8.38. The van der Waals surface area contributed by atoms with Crippen LogP contribution in [0.25, 0.3) is 0 Å². The van der Waals surface area contributed by atoms with Crippen LogP contribution in [0.5, 0.6) is 5.75 Å². The maximum absolute atomic E-state index is 12.8. The first-order chi connectivity index (χ1) is 17.6. The monoisotopic (exact) mass is 477 g/mol. The summed E-state index contributed by atoms with van der Waals surface area (Å²) in [4.78, 5) is 43.6. The number of amides is 3. The van der Waals surface area contributed by atoms with E-state index in [1.165, 1.54) is 4.90 Å². The minimum atomic E-state index is -0.324. The molecule has 4 aromatic rings. The minimum Gasteiger partial charge on any atom is -0.487 e. The van der Waals surface area contributed by atoms with Gasteiger partial charge in [0.1, 0.15) is 12.4 Å². The quantitative estimate of drug-likeness (QED) is 0.381. The summed E-state index contributed by atoms with van der Waals surface area (Å²) < 4.78 is 5.81. The lowest BCUT2D eigenvalue weighted by Gasteiger charge is -2.14.